The number of halogens is 1. The van der Waals surface area contributed by atoms with Gasteiger partial charge in [0.1, 0.15) is 11.5 Å². The van der Waals surface area contributed by atoms with Crippen LogP contribution in [0.4, 0.5) is 46.0 Å². The van der Waals surface area contributed by atoms with Crippen LogP contribution >= 0.6 is 15.9 Å². The van der Waals surface area contributed by atoms with Gasteiger partial charge in [-0.15, -0.1) is 0 Å². The van der Waals surface area contributed by atoms with Crippen LogP contribution in [0.3, 0.4) is 0 Å². The van der Waals surface area contributed by atoms with E-state index in [2.05, 4.69) is 106 Å². The van der Waals surface area contributed by atoms with Gasteiger partial charge in [0.25, 0.3) is 0 Å². The molecular weight excluding hydrogens is 1020 g/mol. The molecule has 0 spiro atoms. The molecule has 0 unspecified atom stereocenters. The molecule has 6 aromatic carbocycles. The van der Waals surface area contributed by atoms with E-state index < -0.39 is 0 Å². The maximum atomic E-state index is 6.01. The number of likely N-dealkylation sites (N-methyl/N-ethyl adjacent to an activating group) is 2. The van der Waals surface area contributed by atoms with Crippen molar-refractivity contribution in [2.45, 2.75) is 38.9 Å². The van der Waals surface area contributed by atoms with Crippen molar-refractivity contribution in [1.29, 1.82) is 0 Å². The largest absolute Gasteiger partial charge is 0.494 e. The molecular formula is C58H68BBrN12O4. The zero-order chi connectivity index (χ0) is 53.6. The zero-order valence-corrected chi connectivity index (χ0v) is 46.3. The van der Waals surface area contributed by atoms with Crippen molar-refractivity contribution >= 4 is 96.3 Å². The fourth-order valence-corrected chi connectivity index (χ4v) is 9.62. The third-order valence-electron chi connectivity index (χ3n) is 14.4. The number of aromatic nitrogens is 4. The Morgan fingerprint density at radius 1 is 0.566 bits per heavy atom. The first-order valence-corrected chi connectivity index (χ1v) is 26.4. The van der Waals surface area contributed by atoms with Gasteiger partial charge in [-0.25, -0.2) is 19.9 Å². The summed E-state index contributed by atoms with van der Waals surface area (Å²) in [6.07, 6.45) is 3.66. The first kappa shape index (κ1) is 53.6. The molecule has 3 saturated heterocycles. The van der Waals surface area contributed by atoms with Gasteiger partial charge in [0.15, 0.2) is 0 Å². The molecule has 3 aliphatic rings. The molecule has 16 nitrogen and oxygen atoms in total. The predicted octanol–water partition coefficient (Wildman–Crippen LogP) is 9.85. The fourth-order valence-electron chi connectivity index (χ4n) is 9.15. The lowest BCUT2D eigenvalue weighted by Crippen LogP contribution is -2.44. The second-order valence-electron chi connectivity index (χ2n) is 20.3. The third-order valence-corrected chi connectivity index (χ3v) is 15.0. The average molecular weight is 1090 g/mol. The molecule has 0 aliphatic carbocycles. The second kappa shape index (κ2) is 23.4. The molecule has 0 amide bonds. The van der Waals surface area contributed by atoms with Crippen LogP contribution in [0.25, 0.3) is 32.9 Å². The molecule has 0 atom stereocenters. The number of nitrogen functional groups attached to an aromatic ring is 2. The van der Waals surface area contributed by atoms with Crippen molar-refractivity contribution in [3.63, 3.8) is 0 Å². The molecule has 11 rings (SSSR count). The number of methoxy groups -OCH3 is 2. The summed E-state index contributed by atoms with van der Waals surface area (Å²) in [5.41, 5.74) is 21.4. The summed E-state index contributed by atoms with van der Waals surface area (Å²) >= 11 is 3.55. The van der Waals surface area contributed by atoms with Crippen LogP contribution < -0.4 is 46.8 Å². The van der Waals surface area contributed by atoms with Crippen molar-refractivity contribution in [3.8, 4) is 22.6 Å². The maximum Gasteiger partial charge on any atom is 0.494 e. The van der Waals surface area contributed by atoms with Crippen LogP contribution in [0.5, 0.6) is 11.5 Å². The van der Waals surface area contributed by atoms with Crippen LogP contribution in [0.1, 0.15) is 27.7 Å². The van der Waals surface area contributed by atoms with Crippen molar-refractivity contribution in [3.05, 3.63) is 138 Å². The van der Waals surface area contributed by atoms with E-state index in [1.165, 1.54) is 5.69 Å². The van der Waals surface area contributed by atoms with Crippen LogP contribution in [-0.2, 0) is 9.31 Å². The Hall–Kier alpha value is -7.22. The Labute approximate surface area is 455 Å². The van der Waals surface area contributed by atoms with Gasteiger partial charge in [-0.1, -0.05) is 54.6 Å². The first-order valence-electron chi connectivity index (χ1n) is 25.6. The van der Waals surface area contributed by atoms with Gasteiger partial charge < -0.3 is 60.5 Å². The highest BCUT2D eigenvalue weighted by atomic mass is 79.9. The van der Waals surface area contributed by atoms with Gasteiger partial charge >= 0.3 is 7.12 Å². The smallest absolute Gasteiger partial charge is 0.494 e. The SMILES string of the molecule is CC1(C)OB(c2cccc(N)c2)OC1(C)C.COc1cc(N2CCN(C)CC2)ccc1Nc1ncc2cccc(-c3cccc(N)c3)c2n1.COc1cc(N2CCN(C)CC2)ccc1Nc1ncc2cccc(Br)c2n1. The molecule has 6 N–H and O–H groups in total. The van der Waals surface area contributed by atoms with Crippen LogP contribution in [0, 0.1) is 0 Å². The van der Waals surface area contributed by atoms with E-state index in [4.69, 9.17) is 35.2 Å². The molecule has 2 aromatic heterocycles. The predicted molar refractivity (Wildman–Crippen MR) is 315 cm³/mol. The van der Waals surface area contributed by atoms with Gasteiger partial charge in [-0.05, 0) is 123 Å². The summed E-state index contributed by atoms with van der Waals surface area (Å²) in [5, 5.41) is 8.59. The highest BCUT2D eigenvalue weighted by Crippen LogP contribution is 2.38. The van der Waals surface area contributed by atoms with E-state index in [1.807, 2.05) is 131 Å². The number of anilines is 8. The van der Waals surface area contributed by atoms with E-state index in [-0.39, 0.29) is 18.3 Å². The lowest BCUT2D eigenvalue weighted by molar-refractivity contribution is 0.00578. The number of hydrogen-bond acceptors (Lipinski definition) is 16. The fraction of sp³-hybridized carbons (Fsp3) is 0.310. The van der Waals surface area contributed by atoms with Crippen molar-refractivity contribution in [2.24, 2.45) is 0 Å². The maximum absolute atomic E-state index is 6.01. The van der Waals surface area contributed by atoms with Gasteiger partial charge in [0.05, 0.1) is 47.8 Å². The molecule has 8 aromatic rings. The number of nitrogens with zero attached hydrogens (tertiary/aromatic N) is 8. The molecule has 0 saturated carbocycles. The molecule has 0 radical (unpaired) electrons. The number of ether oxygens (including phenoxy) is 2. The third kappa shape index (κ3) is 12.5. The Morgan fingerprint density at radius 3 is 1.55 bits per heavy atom. The number of nitrogens with one attached hydrogen (secondary N) is 2. The monoisotopic (exact) mass is 1090 g/mol. The first-order chi connectivity index (χ1) is 36.6. The minimum absolute atomic E-state index is 0.303. The minimum atomic E-state index is -0.325. The van der Waals surface area contributed by atoms with Crippen LogP contribution in [0.15, 0.2) is 138 Å². The van der Waals surface area contributed by atoms with Gasteiger partial charge in [0.2, 0.25) is 11.9 Å². The molecule has 76 heavy (non-hydrogen) atoms. The molecule has 3 fully saturated rings. The number of piperazine rings is 2. The molecule has 3 aliphatic heterocycles. The number of para-hydroxylation sites is 2. The summed E-state index contributed by atoms with van der Waals surface area (Å²) in [5.74, 6) is 2.60. The number of fused-ring (bicyclic) bond motifs is 2. The highest BCUT2D eigenvalue weighted by Gasteiger charge is 2.51. The molecule has 18 heteroatoms. The van der Waals surface area contributed by atoms with Crippen molar-refractivity contribution in [2.75, 3.05) is 113 Å². The van der Waals surface area contributed by atoms with Crippen molar-refractivity contribution < 1.29 is 18.8 Å². The number of hydrogen-bond donors (Lipinski definition) is 4. The number of benzene rings is 6. The lowest BCUT2D eigenvalue weighted by atomic mass is 9.79. The van der Waals surface area contributed by atoms with E-state index in [0.29, 0.717) is 11.9 Å². The summed E-state index contributed by atoms with van der Waals surface area (Å²) < 4.78 is 24.1. The highest BCUT2D eigenvalue weighted by molar-refractivity contribution is 9.10. The van der Waals surface area contributed by atoms with Gasteiger partial charge in [0, 0.05) is 120 Å². The summed E-state index contributed by atoms with van der Waals surface area (Å²) in [4.78, 5) is 27.9. The lowest BCUT2D eigenvalue weighted by Gasteiger charge is -2.34. The quantitative estimate of drug-likeness (QED) is 0.0751. The van der Waals surface area contributed by atoms with E-state index in [1.54, 1.807) is 14.2 Å². The molecule has 394 valence electrons. The summed E-state index contributed by atoms with van der Waals surface area (Å²) in [6.45, 7) is 16.5. The van der Waals surface area contributed by atoms with E-state index in [0.717, 1.165) is 135 Å². The molecule has 0 bridgehead atoms. The summed E-state index contributed by atoms with van der Waals surface area (Å²) in [7, 11) is 7.37. The Kier molecular flexibility index (Phi) is 16.5. The number of rotatable bonds is 10. The van der Waals surface area contributed by atoms with Crippen molar-refractivity contribution in [1.82, 2.24) is 29.7 Å². The Morgan fingerprint density at radius 2 is 1.04 bits per heavy atom. The van der Waals surface area contributed by atoms with Crippen LogP contribution in [-0.4, -0.2) is 129 Å². The Bertz CT molecular complexity index is 3280. The zero-order valence-electron chi connectivity index (χ0n) is 44.7. The average Bonchev–Trinajstić information content (AvgIpc) is 3.67. The standard InChI is InChI=1S/C26H28N6O.C20H22BrN5O.C12H18BNO2/c1-31-11-13-32(14-12-31)21-9-10-23(24(16-21)33-2)29-26-28-17-19-6-4-8-22(25(19)30-26)18-5-3-7-20(27)15-18;1-25-8-10-26(11-9-25)15-6-7-17(18(12-15)27-2)23-20-22-13-14-4-3-5-16(21)19(14)24-20;1-11(2)12(3,4)16-13(15-11)9-6-5-7-10(14)8-9/h3-10,15-17H,11-14,27H2,1-2H3,(H,28,29,30);3-7,12-13H,8-11H2,1-2H3,(H,22,23,24);5-8H,14H2,1-4H3. The van der Waals surface area contributed by atoms with E-state index in [9.17, 15) is 0 Å². The summed E-state index contributed by atoms with van der Waals surface area (Å²) in [6, 6.07) is 39.9. The van der Waals surface area contributed by atoms with Gasteiger partial charge in [-0.3, -0.25) is 0 Å². The van der Waals surface area contributed by atoms with Gasteiger partial charge in [-0.2, -0.15) is 0 Å². The molecule has 5 heterocycles. The Balaban J connectivity index is 0.000000148. The topological polar surface area (TPSA) is 178 Å². The minimum Gasteiger partial charge on any atom is -0.494 e. The normalized spacial score (nSPS) is 16.4. The number of nitrogens with two attached hydrogens (primary N) is 2. The second-order valence-corrected chi connectivity index (χ2v) is 21.1. The van der Waals surface area contributed by atoms with E-state index >= 15 is 0 Å². The van der Waals surface area contributed by atoms with Crippen LogP contribution in [0.2, 0.25) is 0 Å².